The summed E-state index contributed by atoms with van der Waals surface area (Å²) in [5, 5.41) is 3.63. The molecule has 140 valence electrons. The van der Waals surface area contributed by atoms with Crippen LogP contribution in [-0.2, 0) is 0 Å². The van der Waals surface area contributed by atoms with E-state index in [1.807, 2.05) is 6.07 Å². The van der Waals surface area contributed by atoms with Crippen molar-refractivity contribution in [3.05, 3.63) is 52.9 Å². The number of carbonyl (C=O) groups excluding carboxylic acids is 1. The number of nitrogens with two attached hydrogens (primary N) is 1. The molecule has 0 spiro atoms. The molecule has 0 radical (unpaired) electrons. The summed E-state index contributed by atoms with van der Waals surface area (Å²) in [7, 11) is 4.65. The number of hydrogen-bond acceptors (Lipinski definition) is 8. The number of nitrogens with zero attached hydrogens (tertiary/aromatic N) is 1. The van der Waals surface area contributed by atoms with Crippen LogP contribution in [-0.4, -0.2) is 32.1 Å². The molecule has 1 heterocycles. The van der Waals surface area contributed by atoms with Gasteiger partial charge in [0.05, 0.1) is 26.9 Å². The van der Waals surface area contributed by atoms with Gasteiger partial charge < -0.3 is 25.3 Å². The van der Waals surface area contributed by atoms with Gasteiger partial charge >= 0.3 is 0 Å². The number of thiazole rings is 1. The Morgan fingerprint density at radius 1 is 1.00 bits per heavy atom. The van der Waals surface area contributed by atoms with E-state index in [1.54, 1.807) is 50.6 Å². The zero-order valence-corrected chi connectivity index (χ0v) is 15.9. The van der Waals surface area contributed by atoms with Crippen LogP contribution in [0.5, 0.6) is 17.2 Å². The van der Waals surface area contributed by atoms with Gasteiger partial charge in [-0.3, -0.25) is 4.79 Å². The zero-order chi connectivity index (χ0) is 19.4. The summed E-state index contributed by atoms with van der Waals surface area (Å²) >= 11 is 1.18. The van der Waals surface area contributed by atoms with Gasteiger partial charge in [-0.15, -0.1) is 0 Å². The molecule has 2 aromatic carbocycles. The third kappa shape index (κ3) is 3.80. The van der Waals surface area contributed by atoms with Gasteiger partial charge in [-0.1, -0.05) is 23.5 Å². The van der Waals surface area contributed by atoms with Crippen LogP contribution < -0.4 is 25.3 Å². The van der Waals surface area contributed by atoms with Crippen LogP contribution in [0.3, 0.4) is 0 Å². The highest BCUT2D eigenvalue weighted by atomic mass is 32.1. The number of rotatable bonds is 7. The second kappa shape index (κ2) is 7.96. The third-order valence-electron chi connectivity index (χ3n) is 3.85. The Morgan fingerprint density at radius 3 is 2.41 bits per heavy atom. The molecular weight excluding hydrogens is 366 g/mol. The van der Waals surface area contributed by atoms with E-state index in [1.165, 1.54) is 18.4 Å². The molecule has 7 nitrogen and oxygen atoms in total. The molecule has 8 heteroatoms. The van der Waals surface area contributed by atoms with E-state index in [9.17, 15) is 4.79 Å². The first-order valence-corrected chi connectivity index (χ1v) is 8.82. The summed E-state index contributed by atoms with van der Waals surface area (Å²) in [6.07, 6.45) is 0. The molecule has 27 heavy (non-hydrogen) atoms. The van der Waals surface area contributed by atoms with Crippen molar-refractivity contribution < 1.29 is 19.0 Å². The van der Waals surface area contributed by atoms with Crippen molar-refractivity contribution in [2.45, 2.75) is 0 Å². The maximum absolute atomic E-state index is 12.8. The molecule has 0 fully saturated rings. The van der Waals surface area contributed by atoms with Crippen molar-refractivity contribution in [1.29, 1.82) is 0 Å². The minimum Gasteiger partial charge on any atom is -0.496 e. The molecule has 3 N–H and O–H groups in total. The predicted molar refractivity (Wildman–Crippen MR) is 106 cm³/mol. The molecule has 0 amide bonds. The molecule has 0 saturated heterocycles. The Bertz CT molecular complexity index is 971. The Hall–Kier alpha value is -3.26. The van der Waals surface area contributed by atoms with Crippen LogP contribution in [0.2, 0.25) is 0 Å². The number of anilines is 3. The fourth-order valence-electron chi connectivity index (χ4n) is 2.54. The van der Waals surface area contributed by atoms with E-state index in [4.69, 9.17) is 19.9 Å². The number of carbonyl (C=O) groups is 1. The Labute approximate surface area is 160 Å². The molecule has 1 aromatic heterocycles. The van der Waals surface area contributed by atoms with Gasteiger partial charge in [0.15, 0.2) is 16.6 Å². The van der Waals surface area contributed by atoms with Crippen LogP contribution in [0.4, 0.5) is 16.6 Å². The third-order valence-corrected chi connectivity index (χ3v) is 4.83. The zero-order valence-electron chi connectivity index (χ0n) is 15.1. The molecule has 0 saturated carbocycles. The molecular formula is C19H19N3O4S. The summed E-state index contributed by atoms with van der Waals surface area (Å²) in [6, 6.07) is 12.4. The van der Waals surface area contributed by atoms with Gasteiger partial charge in [0.2, 0.25) is 5.78 Å². The first-order chi connectivity index (χ1) is 13.1. The van der Waals surface area contributed by atoms with Crippen LogP contribution in [0.25, 0.3) is 0 Å². The quantitative estimate of drug-likeness (QED) is 0.598. The number of benzene rings is 2. The highest BCUT2D eigenvalue weighted by Gasteiger charge is 2.21. The molecule has 0 bridgehead atoms. The van der Waals surface area contributed by atoms with Crippen molar-refractivity contribution in [3.63, 3.8) is 0 Å². The number of para-hydroxylation sites is 1. The number of ether oxygens (including phenoxy) is 3. The average molecular weight is 385 g/mol. The standard InChI is InChI=1S/C19H19N3O4S/c1-24-13-7-5-4-6-12(13)16(23)17-18(20)22-19(27-17)21-11-8-9-14(25-2)15(10-11)26-3/h4-10H,20H2,1-3H3,(H,21,22). The van der Waals surface area contributed by atoms with Gasteiger partial charge in [0.25, 0.3) is 0 Å². The highest BCUT2D eigenvalue weighted by molar-refractivity contribution is 7.18. The van der Waals surface area contributed by atoms with Crippen molar-refractivity contribution in [2.75, 3.05) is 32.4 Å². The van der Waals surface area contributed by atoms with E-state index in [-0.39, 0.29) is 11.6 Å². The van der Waals surface area contributed by atoms with Gasteiger partial charge in [-0.2, -0.15) is 0 Å². The first-order valence-electron chi connectivity index (χ1n) is 8.00. The summed E-state index contributed by atoms with van der Waals surface area (Å²) in [4.78, 5) is 17.4. The van der Waals surface area contributed by atoms with Crippen LogP contribution in [0, 0.1) is 0 Å². The fourth-order valence-corrected chi connectivity index (χ4v) is 3.40. The van der Waals surface area contributed by atoms with Crippen molar-refractivity contribution in [2.24, 2.45) is 0 Å². The number of hydrogen-bond donors (Lipinski definition) is 2. The smallest absolute Gasteiger partial charge is 0.210 e. The maximum Gasteiger partial charge on any atom is 0.210 e. The van der Waals surface area contributed by atoms with Gasteiger partial charge in [0, 0.05) is 11.8 Å². The Morgan fingerprint density at radius 2 is 1.70 bits per heavy atom. The van der Waals surface area contributed by atoms with Crippen LogP contribution >= 0.6 is 11.3 Å². The summed E-state index contributed by atoms with van der Waals surface area (Å²) in [5.74, 6) is 1.62. The number of methoxy groups -OCH3 is 3. The maximum atomic E-state index is 12.8. The lowest BCUT2D eigenvalue weighted by Gasteiger charge is -2.09. The largest absolute Gasteiger partial charge is 0.496 e. The number of nitrogens with one attached hydrogen (secondary N) is 1. The second-order valence-electron chi connectivity index (χ2n) is 5.46. The predicted octanol–water partition coefficient (Wildman–Crippen LogP) is 3.73. The van der Waals surface area contributed by atoms with E-state index < -0.39 is 0 Å². The summed E-state index contributed by atoms with van der Waals surface area (Å²) in [5.41, 5.74) is 7.15. The second-order valence-corrected chi connectivity index (χ2v) is 6.46. The first kappa shape index (κ1) is 18.5. The van der Waals surface area contributed by atoms with E-state index >= 15 is 0 Å². The monoisotopic (exact) mass is 385 g/mol. The van der Waals surface area contributed by atoms with Crippen molar-refractivity contribution in [3.8, 4) is 17.2 Å². The minimum absolute atomic E-state index is 0.166. The topological polar surface area (TPSA) is 95.7 Å². The van der Waals surface area contributed by atoms with Gasteiger partial charge in [-0.25, -0.2) is 4.98 Å². The van der Waals surface area contributed by atoms with E-state index in [0.29, 0.717) is 32.8 Å². The number of aromatic nitrogens is 1. The van der Waals surface area contributed by atoms with E-state index in [2.05, 4.69) is 10.3 Å². The summed E-state index contributed by atoms with van der Waals surface area (Å²) < 4.78 is 15.8. The van der Waals surface area contributed by atoms with E-state index in [0.717, 1.165) is 5.69 Å². The lowest BCUT2D eigenvalue weighted by atomic mass is 10.1. The SMILES string of the molecule is COc1ccc(Nc2nc(N)c(C(=O)c3ccccc3OC)s2)cc1OC. The molecule has 0 atom stereocenters. The molecule has 3 rings (SSSR count). The average Bonchev–Trinajstić information content (AvgIpc) is 3.07. The van der Waals surface area contributed by atoms with Crippen molar-refractivity contribution in [1.82, 2.24) is 4.98 Å². The lowest BCUT2D eigenvalue weighted by molar-refractivity contribution is 0.104. The molecule has 0 aliphatic rings. The molecule has 0 aliphatic heterocycles. The highest BCUT2D eigenvalue weighted by Crippen LogP contribution is 2.34. The number of ketones is 1. The Balaban J connectivity index is 1.88. The Kier molecular flexibility index (Phi) is 5.46. The van der Waals surface area contributed by atoms with Crippen molar-refractivity contribution >= 4 is 33.8 Å². The van der Waals surface area contributed by atoms with Gasteiger partial charge in [-0.05, 0) is 24.3 Å². The molecule has 3 aromatic rings. The number of nitrogen functional groups attached to an aromatic ring is 1. The summed E-state index contributed by atoms with van der Waals surface area (Å²) in [6.45, 7) is 0. The molecule has 0 aliphatic carbocycles. The minimum atomic E-state index is -0.234. The fraction of sp³-hybridized carbons (Fsp3) is 0.158. The molecule has 0 unspecified atom stereocenters. The van der Waals surface area contributed by atoms with Crippen LogP contribution in [0.1, 0.15) is 15.2 Å². The van der Waals surface area contributed by atoms with Crippen LogP contribution in [0.15, 0.2) is 42.5 Å². The van der Waals surface area contributed by atoms with Gasteiger partial charge in [0.1, 0.15) is 16.4 Å². The normalized spacial score (nSPS) is 10.3. The lowest BCUT2D eigenvalue weighted by Crippen LogP contribution is -2.04.